The molecule has 0 aliphatic carbocycles. The van der Waals surface area contributed by atoms with Crippen molar-refractivity contribution in [2.45, 2.75) is 26.0 Å². The number of hydrogen-bond donors (Lipinski definition) is 2. The summed E-state index contributed by atoms with van der Waals surface area (Å²) in [6, 6.07) is 11.5. The van der Waals surface area contributed by atoms with Gasteiger partial charge in [-0.2, -0.15) is 0 Å². The summed E-state index contributed by atoms with van der Waals surface area (Å²) >= 11 is 0. The number of nitrogens with one attached hydrogen (secondary N) is 1. The van der Waals surface area contributed by atoms with Gasteiger partial charge in [-0.15, -0.1) is 0 Å². The Morgan fingerprint density at radius 1 is 1.24 bits per heavy atom. The Morgan fingerprint density at radius 3 is 2.56 bits per heavy atom. The Kier molecular flexibility index (Phi) is 6.91. The second kappa shape index (κ2) is 9.15. The average molecular weight is 346 g/mol. The van der Waals surface area contributed by atoms with Gasteiger partial charge in [0.1, 0.15) is 17.3 Å². The number of carbonyl (C=O) groups excluding carboxylic acids is 1. The van der Waals surface area contributed by atoms with Gasteiger partial charge in [-0.3, -0.25) is 4.79 Å². The minimum absolute atomic E-state index is 0.110. The maximum atomic E-state index is 12.9. The molecule has 0 saturated carbocycles. The third-order valence-corrected chi connectivity index (χ3v) is 3.78. The van der Waals surface area contributed by atoms with Crippen molar-refractivity contribution >= 4 is 5.91 Å². The van der Waals surface area contributed by atoms with Gasteiger partial charge in [-0.1, -0.05) is 12.1 Å². The molecule has 3 N–H and O–H groups in total. The molecular formula is C19H23FN2O3. The minimum atomic E-state index is -0.305. The predicted octanol–water partition coefficient (Wildman–Crippen LogP) is 2.91. The second-order valence-electron chi connectivity index (χ2n) is 5.73. The summed E-state index contributed by atoms with van der Waals surface area (Å²) in [5.41, 5.74) is 7.39. The van der Waals surface area contributed by atoms with E-state index < -0.39 is 0 Å². The average Bonchev–Trinajstić information content (AvgIpc) is 2.61. The number of ether oxygens (including phenoxy) is 2. The lowest BCUT2D eigenvalue weighted by atomic mass is 10.1. The van der Waals surface area contributed by atoms with E-state index in [0.717, 1.165) is 11.1 Å². The van der Waals surface area contributed by atoms with Crippen molar-refractivity contribution in [3.63, 3.8) is 0 Å². The van der Waals surface area contributed by atoms with Crippen molar-refractivity contribution in [2.75, 3.05) is 13.7 Å². The lowest BCUT2D eigenvalue weighted by Gasteiger charge is -2.13. The highest BCUT2D eigenvalue weighted by molar-refractivity contribution is 5.76. The van der Waals surface area contributed by atoms with Crippen LogP contribution in [0.25, 0.3) is 0 Å². The quantitative estimate of drug-likeness (QED) is 0.771. The Balaban J connectivity index is 1.92. The molecular weight excluding hydrogens is 323 g/mol. The fraction of sp³-hybridized carbons (Fsp3) is 0.316. The molecule has 6 heteroatoms. The molecule has 5 nitrogen and oxygen atoms in total. The summed E-state index contributed by atoms with van der Waals surface area (Å²) < 4.78 is 23.8. The molecule has 0 spiro atoms. The van der Waals surface area contributed by atoms with Crippen LogP contribution in [0.1, 0.15) is 17.5 Å². The molecule has 1 atom stereocenters. The van der Waals surface area contributed by atoms with Crippen LogP contribution < -0.4 is 15.8 Å². The van der Waals surface area contributed by atoms with E-state index in [4.69, 9.17) is 15.2 Å². The Hall–Kier alpha value is -2.44. The van der Waals surface area contributed by atoms with E-state index in [1.54, 1.807) is 12.1 Å². The summed E-state index contributed by atoms with van der Waals surface area (Å²) in [6.07, 6.45) is -0.0363. The molecule has 0 saturated heterocycles. The van der Waals surface area contributed by atoms with Crippen molar-refractivity contribution in [1.82, 2.24) is 5.32 Å². The van der Waals surface area contributed by atoms with Gasteiger partial charge in [0.2, 0.25) is 5.91 Å². The first-order chi connectivity index (χ1) is 12.0. The molecule has 25 heavy (non-hydrogen) atoms. The van der Waals surface area contributed by atoms with Crippen molar-refractivity contribution in [2.24, 2.45) is 5.73 Å². The van der Waals surface area contributed by atoms with E-state index in [9.17, 15) is 9.18 Å². The van der Waals surface area contributed by atoms with Crippen molar-refractivity contribution in [3.05, 3.63) is 59.4 Å². The number of nitrogens with two attached hydrogens (primary N) is 1. The van der Waals surface area contributed by atoms with Crippen LogP contribution in [-0.4, -0.2) is 25.7 Å². The first-order valence-electron chi connectivity index (χ1n) is 8.04. The molecule has 0 fully saturated rings. The van der Waals surface area contributed by atoms with Gasteiger partial charge < -0.3 is 20.5 Å². The van der Waals surface area contributed by atoms with Gasteiger partial charge in [0, 0.05) is 20.2 Å². The maximum absolute atomic E-state index is 12.9. The fourth-order valence-electron chi connectivity index (χ4n) is 2.31. The zero-order valence-corrected chi connectivity index (χ0v) is 14.4. The standard InChI is InChI=1S/C19H23FN2O3/c1-13-9-14(12-22-19(23)10-17(11-21)24-2)3-8-18(13)25-16-6-4-15(20)5-7-16/h3-9,17H,10-12,21H2,1-2H3,(H,22,23). The summed E-state index contributed by atoms with van der Waals surface area (Å²) in [5.74, 6) is 0.837. The van der Waals surface area contributed by atoms with E-state index in [-0.39, 0.29) is 24.2 Å². The van der Waals surface area contributed by atoms with Gasteiger partial charge in [-0.25, -0.2) is 4.39 Å². The molecule has 0 aliphatic heterocycles. The molecule has 0 bridgehead atoms. The predicted molar refractivity (Wildman–Crippen MR) is 94.0 cm³/mol. The highest BCUT2D eigenvalue weighted by atomic mass is 19.1. The van der Waals surface area contributed by atoms with Gasteiger partial charge in [0.05, 0.1) is 12.5 Å². The molecule has 1 amide bonds. The molecule has 0 aromatic heterocycles. The first-order valence-corrected chi connectivity index (χ1v) is 8.04. The van der Waals surface area contributed by atoms with Crippen LogP contribution >= 0.6 is 0 Å². The molecule has 134 valence electrons. The third-order valence-electron chi connectivity index (χ3n) is 3.78. The van der Waals surface area contributed by atoms with E-state index in [0.29, 0.717) is 24.6 Å². The number of aryl methyl sites for hydroxylation is 1. The number of methoxy groups -OCH3 is 1. The summed E-state index contributed by atoms with van der Waals surface area (Å²) in [7, 11) is 1.54. The molecule has 2 aromatic rings. The Bertz CT molecular complexity index is 700. The van der Waals surface area contributed by atoms with Gasteiger partial charge in [-0.05, 0) is 48.4 Å². The monoisotopic (exact) mass is 346 g/mol. The number of benzene rings is 2. The summed E-state index contributed by atoms with van der Waals surface area (Å²) in [5, 5.41) is 2.84. The van der Waals surface area contributed by atoms with Crippen LogP contribution in [0.15, 0.2) is 42.5 Å². The number of rotatable bonds is 8. The molecule has 2 aromatic carbocycles. The zero-order valence-electron chi connectivity index (χ0n) is 14.4. The van der Waals surface area contributed by atoms with E-state index >= 15 is 0 Å². The zero-order chi connectivity index (χ0) is 18.2. The molecule has 0 heterocycles. The van der Waals surface area contributed by atoms with Crippen LogP contribution in [0.4, 0.5) is 4.39 Å². The lowest BCUT2D eigenvalue weighted by molar-refractivity contribution is -0.123. The van der Waals surface area contributed by atoms with E-state index in [1.165, 1.54) is 19.2 Å². The molecule has 2 rings (SSSR count). The summed E-state index contributed by atoms with van der Waals surface area (Å²) in [6.45, 7) is 2.63. The van der Waals surface area contributed by atoms with Crippen LogP contribution in [0, 0.1) is 12.7 Å². The van der Waals surface area contributed by atoms with Crippen molar-refractivity contribution in [1.29, 1.82) is 0 Å². The Labute approximate surface area is 146 Å². The van der Waals surface area contributed by atoms with Crippen molar-refractivity contribution < 1.29 is 18.7 Å². The normalized spacial score (nSPS) is 11.8. The smallest absolute Gasteiger partial charge is 0.222 e. The second-order valence-corrected chi connectivity index (χ2v) is 5.73. The number of carbonyl (C=O) groups is 1. The number of halogens is 1. The fourth-order valence-corrected chi connectivity index (χ4v) is 2.31. The molecule has 0 aliphatic rings. The third kappa shape index (κ3) is 5.85. The maximum Gasteiger partial charge on any atom is 0.222 e. The minimum Gasteiger partial charge on any atom is -0.457 e. The number of amides is 1. The number of hydrogen-bond acceptors (Lipinski definition) is 4. The van der Waals surface area contributed by atoms with Crippen LogP contribution in [0.3, 0.4) is 0 Å². The van der Waals surface area contributed by atoms with Gasteiger partial charge in [0.25, 0.3) is 0 Å². The highest BCUT2D eigenvalue weighted by Crippen LogP contribution is 2.25. The van der Waals surface area contributed by atoms with Gasteiger partial charge >= 0.3 is 0 Å². The van der Waals surface area contributed by atoms with Gasteiger partial charge in [0.15, 0.2) is 0 Å². The summed E-state index contributed by atoms with van der Waals surface area (Å²) in [4.78, 5) is 11.9. The topological polar surface area (TPSA) is 73.6 Å². The SMILES string of the molecule is COC(CN)CC(=O)NCc1ccc(Oc2ccc(F)cc2)c(C)c1. The molecule has 1 unspecified atom stereocenters. The lowest BCUT2D eigenvalue weighted by Crippen LogP contribution is -2.31. The first kappa shape index (κ1) is 18.9. The highest BCUT2D eigenvalue weighted by Gasteiger charge is 2.11. The van der Waals surface area contributed by atoms with E-state index in [1.807, 2.05) is 25.1 Å². The van der Waals surface area contributed by atoms with E-state index in [2.05, 4.69) is 5.32 Å². The van der Waals surface area contributed by atoms with Crippen LogP contribution in [-0.2, 0) is 16.1 Å². The largest absolute Gasteiger partial charge is 0.457 e. The molecule has 0 radical (unpaired) electrons. The van der Waals surface area contributed by atoms with Crippen LogP contribution in [0.5, 0.6) is 11.5 Å². The van der Waals surface area contributed by atoms with Crippen LogP contribution in [0.2, 0.25) is 0 Å². The Morgan fingerprint density at radius 2 is 1.96 bits per heavy atom. The van der Waals surface area contributed by atoms with Crippen molar-refractivity contribution in [3.8, 4) is 11.5 Å².